The minimum Gasteiger partial charge on any atom is -0.359 e. The Balaban J connectivity index is 2.03. The van der Waals surface area contributed by atoms with Crippen LogP contribution in [0.4, 0.5) is 0 Å². The van der Waals surface area contributed by atoms with Crippen molar-refractivity contribution in [1.82, 2.24) is 9.97 Å². The third-order valence-corrected chi connectivity index (χ3v) is 3.63. The van der Waals surface area contributed by atoms with Crippen LogP contribution >= 0.6 is 0 Å². The molecule has 0 aliphatic carbocycles. The molecule has 0 saturated heterocycles. The van der Waals surface area contributed by atoms with Crippen LogP contribution in [0.3, 0.4) is 0 Å². The van der Waals surface area contributed by atoms with Crippen molar-refractivity contribution in [2.45, 2.75) is 0 Å². The fourth-order valence-electron chi connectivity index (χ4n) is 2.68. The first kappa shape index (κ1) is 11.1. The lowest BCUT2D eigenvalue weighted by atomic mass is 10.0. The zero-order valence-corrected chi connectivity index (χ0v) is 10.7. The van der Waals surface area contributed by atoms with Gasteiger partial charge >= 0.3 is 0 Å². The lowest BCUT2D eigenvalue weighted by molar-refractivity contribution is 0.103. The van der Waals surface area contributed by atoms with Crippen molar-refractivity contribution in [2.75, 3.05) is 0 Å². The van der Waals surface area contributed by atoms with Crippen LogP contribution in [-0.4, -0.2) is 15.8 Å². The van der Waals surface area contributed by atoms with Crippen molar-refractivity contribution in [3.05, 3.63) is 72.1 Å². The van der Waals surface area contributed by atoms with Gasteiger partial charge in [0.25, 0.3) is 0 Å². The van der Waals surface area contributed by atoms with Crippen LogP contribution < -0.4 is 0 Å². The molecule has 0 aliphatic heterocycles. The summed E-state index contributed by atoms with van der Waals surface area (Å²) < 4.78 is 0. The SMILES string of the molecule is O=C(c1ccc[nH]1)c1cccc2c1[nH]c1ccccc12. The van der Waals surface area contributed by atoms with E-state index in [2.05, 4.69) is 16.0 Å². The molecule has 0 atom stereocenters. The summed E-state index contributed by atoms with van der Waals surface area (Å²) in [6.45, 7) is 0. The van der Waals surface area contributed by atoms with Crippen molar-refractivity contribution in [1.29, 1.82) is 0 Å². The van der Waals surface area contributed by atoms with Crippen LogP contribution in [0.15, 0.2) is 60.8 Å². The molecule has 3 heteroatoms. The number of carbonyl (C=O) groups excluding carboxylic acids is 1. The summed E-state index contributed by atoms with van der Waals surface area (Å²) in [5, 5.41) is 2.22. The maximum absolute atomic E-state index is 12.5. The summed E-state index contributed by atoms with van der Waals surface area (Å²) in [6.07, 6.45) is 1.76. The summed E-state index contributed by atoms with van der Waals surface area (Å²) in [5.74, 6) is 0.00663. The Labute approximate surface area is 115 Å². The monoisotopic (exact) mass is 260 g/mol. The van der Waals surface area contributed by atoms with Gasteiger partial charge in [0.2, 0.25) is 5.78 Å². The molecule has 0 fully saturated rings. The number of aromatic amines is 2. The summed E-state index contributed by atoms with van der Waals surface area (Å²) in [4.78, 5) is 18.9. The number of H-pyrrole nitrogens is 2. The molecule has 3 nitrogen and oxygen atoms in total. The van der Waals surface area contributed by atoms with Gasteiger partial charge in [-0.25, -0.2) is 0 Å². The average molecular weight is 260 g/mol. The molecule has 0 aliphatic rings. The lowest BCUT2D eigenvalue weighted by Crippen LogP contribution is -2.02. The summed E-state index contributed by atoms with van der Waals surface area (Å²) in [6, 6.07) is 17.6. The number of hydrogen-bond acceptors (Lipinski definition) is 1. The van der Waals surface area contributed by atoms with Gasteiger partial charge in [0, 0.05) is 28.0 Å². The van der Waals surface area contributed by atoms with Gasteiger partial charge in [-0.1, -0.05) is 30.3 Å². The van der Waals surface area contributed by atoms with E-state index in [1.54, 1.807) is 12.3 Å². The second kappa shape index (κ2) is 4.10. The average Bonchev–Trinajstić information content (AvgIpc) is 3.13. The van der Waals surface area contributed by atoms with E-state index in [9.17, 15) is 4.79 Å². The lowest BCUT2D eigenvalue weighted by Gasteiger charge is -2.00. The van der Waals surface area contributed by atoms with E-state index in [-0.39, 0.29) is 5.78 Å². The largest absolute Gasteiger partial charge is 0.359 e. The molecule has 4 rings (SSSR count). The minimum absolute atomic E-state index is 0.00663. The first-order valence-corrected chi connectivity index (χ1v) is 6.52. The molecule has 96 valence electrons. The highest BCUT2D eigenvalue weighted by molar-refractivity contribution is 6.19. The van der Waals surface area contributed by atoms with Gasteiger partial charge in [0.05, 0.1) is 11.2 Å². The Kier molecular flexibility index (Phi) is 2.27. The topological polar surface area (TPSA) is 48.6 Å². The second-order valence-electron chi connectivity index (χ2n) is 4.81. The molecule has 0 spiro atoms. The van der Waals surface area contributed by atoms with Gasteiger partial charge in [-0.15, -0.1) is 0 Å². The van der Waals surface area contributed by atoms with Crippen molar-refractivity contribution >= 4 is 27.6 Å². The van der Waals surface area contributed by atoms with E-state index in [0.29, 0.717) is 11.3 Å². The number of hydrogen-bond donors (Lipinski definition) is 2. The minimum atomic E-state index is 0.00663. The molecule has 20 heavy (non-hydrogen) atoms. The van der Waals surface area contributed by atoms with Crippen molar-refractivity contribution < 1.29 is 4.79 Å². The van der Waals surface area contributed by atoms with Gasteiger partial charge < -0.3 is 9.97 Å². The second-order valence-corrected chi connectivity index (χ2v) is 4.81. The van der Waals surface area contributed by atoms with Gasteiger partial charge in [-0.2, -0.15) is 0 Å². The number of fused-ring (bicyclic) bond motifs is 3. The third-order valence-electron chi connectivity index (χ3n) is 3.63. The molecule has 0 amide bonds. The third kappa shape index (κ3) is 1.50. The summed E-state index contributed by atoms with van der Waals surface area (Å²) in [5.41, 5.74) is 3.25. The number of rotatable bonds is 2. The molecule has 0 bridgehead atoms. The first-order valence-electron chi connectivity index (χ1n) is 6.52. The van der Waals surface area contributed by atoms with E-state index in [4.69, 9.17) is 0 Å². The molecular weight excluding hydrogens is 248 g/mol. The first-order chi connectivity index (χ1) is 9.84. The van der Waals surface area contributed by atoms with Crippen molar-refractivity contribution in [3.63, 3.8) is 0 Å². The van der Waals surface area contributed by atoms with Crippen LogP contribution in [-0.2, 0) is 0 Å². The molecular formula is C17H12N2O. The Morgan fingerprint density at radius 3 is 2.55 bits per heavy atom. The summed E-state index contributed by atoms with van der Waals surface area (Å²) in [7, 11) is 0. The van der Waals surface area contributed by atoms with Crippen LogP contribution in [0.2, 0.25) is 0 Å². The van der Waals surface area contributed by atoms with Crippen LogP contribution in [0.25, 0.3) is 21.8 Å². The number of nitrogens with one attached hydrogen (secondary N) is 2. The molecule has 2 N–H and O–H groups in total. The standard InChI is InChI=1S/C17H12N2O/c20-17(15-9-4-10-18-15)13-7-3-6-12-11-5-1-2-8-14(11)19-16(12)13/h1-10,18-19H. The highest BCUT2D eigenvalue weighted by Crippen LogP contribution is 2.28. The Bertz CT molecular complexity index is 917. The quantitative estimate of drug-likeness (QED) is 0.528. The van der Waals surface area contributed by atoms with E-state index < -0.39 is 0 Å². The van der Waals surface area contributed by atoms with E-state index in [1.807, 2.05) is 42.5 Å². The summed E-state index contributed by atoms with van der Waals surface area (Å²) >= 11 is 0. The van der Waals surface area contributed by atoms with Gasteiger partial charge in [-0.05, 0) is 24.3 Å². The predicted molar refractivity (Wildman–Crippen MR) is 80.0 cm³/mol. The van der Waals surface area contributed by atoms with Crippen LogP contribution in [0.5, 0.6) is 0 Å². The molecule has 2 heterocycles. The van der Waals surface area contributed by atoms with E-state index in [1.165, 1.54) is 0 Å². The highest BCUT2D eigenvalue weighted by Gasteiger charge is 2.15. The zero-order chi connectivity index (χ0) is 13.5. The van der Waals surface area contributed by atoms with Crippen LogP contribution in [0, 0.1) is 0 Å². The number of carbonyl (C=O) groups is 1. The number of ketones is 1. The van der Waals surface area contributed by atoms with Crippen molar-refractivity contribution in [2.24, 2.45) is 0 Å². The maximum atomic E-state index is 12.5. The van der Waals surface area contributed by atoms with Crippen molar-refractivity contribution in [3.8, 4) is 0 Å². The normalized spacial score (nSPS) is 11.2. The van der Waals surface area contributed by atoms with Gasteiger partial charge in [-0.3, -0.25) is 4.79 Å². The fourth-order valence-corrected chi connectivity index (χ4v) is 2.68. The Morgan fingerprint density at radius 1 is 0.850 bits per heavy atom. The highest BCUT2D eigenvalue weighted by atomic mass is 16.1. The van der Waals surface area contributed by atoms with Gasteiger partial charge in [0.1, 0.15) is 0 Å². The molecule has 2 aromatic carbocycles. The number of para-hydroxylation sites is 2. The maximum Gasteiger partial charge on any atom is 0.211 e. The number of benzene rings is 2. The molecule has 0 saturated carbocycles. The molecule has 4 aromatic rings. The smallest absolute Gasteiger partial charge is 0.211 e. The van der Waals surface area contributed by atoms with Gasteiger partial charge in [0.15, 0.2) is 0 Å². The predicted octanol–water partition coefficient (Wildman–Crippen LogP) is 3.88. The Hall–Kier alpha value is -2.81. The molecule has 0 radical (unpaired) electrons. The Morgan fingerprint density at radius 2 is 1.70 bits per heavy atom. The fraction of sp³-hybridized carbons (Fsp3) is 0. The van der Waals surface area contributed by atoms with E-state index >= 15 is 0 Å². The number of aromatic nitrogens is 2. The zero-order valence-electron chi connectivity index (χ0n) is 10.7. The van der Waals surface area contributed by atoms with Crippen LogP contribution in [0.1, 0.15) is 16.1 Å². The molecule has 0 unspecified atom stereocenters. The van der Waals surface area contributed by atoms with E-state index in [0.717, 1.165) is 21.8 Å². The molecule has 2 aromatic heterocycles.